The van der Waals surface area contributed by atoms with Gasteiger partial charge >= 0.3 is 0 Å². The fourth-order valence-corrected chi connectivity index (χ4v) is 6.16. The van der Waals surface area contributed by atoms with Gasteiger partial charge in [-0.1, -0.05) is 80.1 Å². The molecule has 2 amide bonds. The Balaban J connectivity index is 1.78. The van der Waals surface area contributed by atoms with Gasteiger partial charge < -0.3 is 10.2 Å². The second-order valence-electron chi connectivity index (χ2n) is 10.3. The molecule has 1 unspecified atom stereocenters. The van der Waals surface area contributed by atoms with Crippen molar-refractivity contribution in [3.8, 4) is 0 Å². The number of carbonyl (C=O) groups excluding carboxylic acids is 2. The molecule has 0 saturated carbocycles. The van der Waals surface area contributed by atoms with Crippen LogP contribution < -0.4 is 9.62 Å². The van der Waals surface area contributed by atoms with Crippen LogP contribution in [0.25, 0.3) is 0 Å². The summed E-state index contributed by atoms with van der Waals surface area (Å²) in [6.45, 7) is 1.36. The molecule has 0 radical (unpaired) electrons. The van der Waals surface area contributed by atoms with Gasteiger partial charge in [0.15, 0.2) is 0 Å². The van der Waals surface area contributed by atoms with E-state index in [0.29, 0.717) is 6.54 Å². The fraction of sp³-hybridized carbons (Fsp3) is 0.235. The van der Waals surface area contributed by atoms with Crippen molar-refractivity contribution in [2.75, 3.05) is 17.4 Å². The van der Waals surface area contributed by atoms with Crippen LogP contribution in [0.15, 0.2) is 114 Å². The first-order valence-corrected chi connectivity index (χ1v) is 15.8. The van der Waals surface area contributed by atoms with Crippen molar-refractivity contribution in [1.29, 1.82) is 0 Å². The van der Waals surface area contributed by atoms with E-state index >= 15 is 0 Å². The summed E-state index contributed by atoms with van der Waals surface area (Å²) in [5, 5.41) is 2.89. The van der Waals surface area contributed by atoms with Crippen molar-refractivity contribution in [3.63, 3.8) is 0 Å². The van der Waals surface area contributed by atoms with Crippen molar-refractivity contribution < 1.29 is 26.8 Å². The molecule has 4 aromatic carbocycles. The number of benzene rings is 4. The lowest BCUT2D eigenvalue weighted by atomic mass is 10.0. The van der Waals surface area contributed by atoms with Crippen LogP contribution in [0.2, 0.25) is 0 Å². The predicted octanol–water partition coefficient (Wildman–Crippen LogP) is 5.72. The summed E-state index contributed by atoms with van der Waals surface area (Å²) in [5.74, 6) is -2.32. The molecule has 0 aliphatic carbocycles. The van der Waals surface area contributed by atoms with E-state index in [2.05, 4.69) is 5.32 Å². The maximum absolute atomic E-state index is 14.9. The summed E-state index contributed by atoms with van der Waals surface area (Å²) in [7, 11) is -4.31. The van der Waals surface area contributed by atoms with Crippen LogP contribution >= 0.6 is 0 Å². The average Bonchev–Trinajstić information content (AvgIpc) is 3.03. The summed E-state index contributed by atoms with van der Waals surface area (Å²) >= 11 is 0. The molecule has 0 bridgehead atoms. The number of nitrogens with one attached hydrogen (secondary N) is 1. The molecule has 0 spiro atoms. The van der Waals surface area contributed by atoms with E-state index in [0.717, 1.165) is 34.8 Å². The number of anilines is 1. The van der Waals surface area contributed by atoms with Gasteiger partial charge in [-0.15, -0.1) is 0 Å². The molecule has 0 aromatic heterocycles. The topological polar surface area (TPSA) is 86.8 Å². The number of hydrogen-bond donors (Lipinski definition) is 1. The normalized spacial score (nSPS) is 11.9. The first-order chi connectivity index (χ1) is 21.2. The number of unbranched alkanes of at least 4 members (excludes halogenated alkanes) is 1. The minimum absolute atomic E-state index is 0.0569. The third-order valence-corrected chi connectivity index (χ3v) is 8.91. The monoisotopic (exact) mass is 619 g/mol. The molecule has 0 fully saturated rings. The Morgan fingerprint density at radius 3 is 2.07 bits per heavy atom. The molecular formula is C34H35F2N3O4S. The molecule has 0 heterocycles. The van der Waals surface area contributed by atoms with E-state index in [-0.39, 0.29) is 29.1 Å². The highest BCUT2D eigenvalue weighted by atomic mass is 32.2. The summed E-state index contributed by atoms with van der Waals surface area (Å²) in [6, 6.07) is 26.2. The quantitative estimate of drug-likeness (QED) is 0.183. The first-order valence-electron chi connectivity index (χ1n) is 14.4. The molecular weight excluding hydrogens is 584 g/mol. The third-order valence-electron chi connectivity index (χ3n) is 7.12. The smallest absolute Gasteiger partial charge is 0.264 e. The van der Waals surface area contributed by atoms with Crippen LogP contribution in [0.5, 0.6) is 0 Å². The van der Waals surface area contributed by atoms with E-state index in [1.54, 1.807) is 24.3 Å². The number of halogens is 2. The number of hydrogen-bond acceptors (Lipinski definition) is 4. The zero-order chi connectivity index (χ0) is 31.5. The number of nitrogens with zero attached hydrogens (tertiary/aromatic N) is 2. The number of amides is 2. The molecule has 4 rings (SSSR count). The zero-order valence-electron chi connectivity index (χ0n) is 24.4. The lowest BCUT2D eigenvalue weighted by Gasteiger charge is -2.34. The maximum Gasteiger partial charge on any atom is 0.264 e. The van der Waals surface area contributed by atoms with Crippen LogP contribution in [0, 0.1) is 11.6 Å². The van der Waals surface area contributed by atoms with Gasteiger partial charge in [0.25, 0.3) is 10.0 Å². The number of carbonyl (C=O) groups is 2. The van der Waals surface area contributed by atoms with Crippen molar-refractivity contribution in [2.24, 2.45) is 0 Å². The summed E-state index contributed by atoms with van der Waals surface area (Å²) < 4.78 is 57.4. The second-order valence-corrected chi connectivity index (χ2v) is 12.1. The molecule has 4 aromatic rings. The molecule has 0 aliphatic heterocycles. The van der Waals surface area contributed by atoms with Crippen molar-refractivity contribution >= 4 is 27.5 Å². The molecule has 10 heteroatoms. The molecule has 44 heavy (non-hydrogen) atoms. The van der Waals surface area contributed by atoms with Crippen molar-refractivity contribution in [2.45, 2.75) is 43.7 Å². The van der Waals surface area contributed by atoms with E-state index in [1.807, 2.05) is 37.3 Å². The van der Waals surface area contributed by atoms with Gasteiger partial charge in [-0.05, 0) is 54.4 Å². The van der Waals surface area contributed by atoms with Crippen LogP contribution in [-0.4, -0.2) is 44.3 Å². The van der Waals surface area contributed by atoms with Gasteiger partial charge in [0, 0.05) is 25.1 Å². The SMILES string of the molecule is CCCCNC(=O)C(Cc1ccccc1)N(Cc1ccccc1F)C(=O)CN(c1ccc(F)cc1)S(=O)(=O)c1ccccc1. The minimum atomic E-state index is -4.31. The Morgan fingerprint density at radius 1 is 0.818 bits per heavy atom. The highest BCUT2D eigenvalue weighted by molar-refractivity contribution is 7.92. The Bertz CT molecular complexity index is 1640. The largest absolute Gasteiger partial charge is 0.354 e. The molecule has 7 nitrogen and oxygen atoms in total. The number of rotatable bonds is 14. The van der Waals surface area contributed by atoms with Crippen LogP contribution in [0.1, 0.15) is 30.9 Å². The predicted molar refractivity (Wildman–Crippen MR) is 166 cm³/mol. The minimum Gasteiger partial charge on any atom is -0.354 e. The van der Waals surface area contributed by atoms with E-state index in [1.165, 1.54) is 47.4 Å². The summed E-state index contributed by atoms with van der Waals surface area (Å²) in [4.78, 5) is 29.1. The Morgan fingerprint density at radius 2 is 1.43 bits per heavy atom. The van der Waals surface area contributed by atoms with E-state index < -0.39 is 46.1 Å². The lowest BCUT2D eigenvalue weighted by Crippen LogP contribution is -2.53. The van der Waals surface area contributed by atoms with Crippen molar-refractivity contribution in [3.05, 3.63) is 132 Å². The Hall–Kier alpha value is -4.57. The lowest BCUT2D eigenvalue weighted by molar-refractivity contribution is -0.140. The first kappa shape index (κ1) is 32.3. The van der Waals surface area contributed by atoms with Crippen molar-refractivity contribution in [1.82, 2.24) is 10.2 Å². The summed E-state index contributed by atoms with van der Waals surface area (Å²) in [5.41, 5.74) is 0.989. The molecule has 1 atom stereocenters. The summed E-state index contributed by atoms with van der Waals surface area (Å²) in [6.07, 6.45) is 1.67. The highest BCUT2D eigenvalue weighted by Crippen LogP contribution is 2.25. The zero-order valence-corrected chi connectivity index (χ0v) is 25.2. The maximum atomic E-state index is 14.9. The van der Waals surface area contributed by atoms with Gasteiger partial charge in [-0.25, -0.2) is 17.2 Å². The fourth-order valence-electron chi connectivity index (χ4n) is 4.73. The van der Waals surface area contributed by atoms with Gasteiger partial charge in [-0.2, -0.15) is 0 Å². The van der Waals surface area contributed by atoms with E-state index in [4.69, 9.17) is 0 Å². The molecule has 230 valence electrons. The van der Waals surface area contributed by atoms with Gasteiger partial charge in [0.2, 0.25) is 11.8 Å². The van der Waals surface area contributed by atoms with Gasteiger partial charge in [0.1, 0.15) is 24.2 Å². The van der Waals surface area contributed by atoms with Gasteiger partial charge in [-0.3, -0.25) is 13.9 Å². The highest BCUT2D eigenvalue weighted by Gasteiger charge is 2.35. The average molecular weight is 620 g/mol. The van der Waals surface area contributed by atoms with Crippen LogP contribution in [0.3, 0.4) is 0 Å². The molecule has 0 aliphatic rings. The standard InChI is InChI=1S/C34H35F2N3O4S/c1-2-3-22-37-34(41)32(23-26-12-6-4-7-13-26)38(24-27-14-10-11-17-31(27)36)33(40)25-39(29-20-18-28(35)19-21-29)44(42,43)30-15-8-5-9-16-30/h4-21,32H,2-3,22-25H2,1H3,(H,37,41). The van der Waals surface area contributed by atoms with Crippen LogP contribution in [0.4, 0.5) is 14.5 Å². The third kappa shape index (κ3) is 8.29. The van der Waals surface area contributed by atoms with Crippen LogP contribution in [-0.2, 0) is 32.6 Å². The molecule has 0 saturated heterocycles. The van der Waals surface area contributed by atoms with Gasteiger partial charge in [0.05, 0.1) is 10.6 Å². The molecule has 1 N–H and O–H groups in total. The Kier molecular flexibility index (Phi) is 11.2. The Labute approximate surface area is 257 Å². The van der Waals surface area contributed by atoms with E-state index in [9.17, 15) is 26.8 Å². The number of sulfonamides is 1. The second kappa shape index (κ2) is 15.2.